The van der Waals surface area contributed by atoms with Crippen LogP contribution in [-0.2, 0) is 17.7 Å². The molecule has 1 atom stereocenters. The smallest absolute Gasteiger partial charge is 0.227 e. The van der Waals surface area contributed by atoms with Crippen molar-refractivity contribution in [2.45, 2.75) is 65.8 Å². The van der Waals surface area contributed by atoms with Gasteiger partial charge in [0.25, 0.3) is 0 Å². The van der Waals surface area contributed by atoms with Gasteiger partial charge in [0, 0.05) is 19.1 Å². The van der Waals surface area contributed by atoms with Gasteiger partial charge in [-0.15, -0.1) is 0 Å². The van der Waals surface area contributed by atoms with Crippen molar-refractivity contribution in [1.82, 2.24) is 14.7 Å². The van der Waals surface area contributed by atoms with Crippen molar-refractivity contribution in [1.29, 1.82) is 0 Å². The Morgan fingerprint density at radius 1 is 1.03 bits per heavy atom. The quantitative estimate of drug-likeness (QED) is 0.387. The maximum atomic E-state index is 13.5. The lowest BCUT2D eigenvalue weighted by molar-refractivity contribution is -0.0137. The van der Waals surface area contributed by atoms with Crippen LogP contribution in [0.4, 0.5) is 4.39 Å². The highest BCUT2D eigenvalue weighted by molar-refractivity contribution is 5.43. The summed E-state index contributed by atoms with van der Waals surface area (Å²) in [5.74, 6) is 0.805. The van der Waals surface area contributed by atoms with Crippen LogP contribution in [0.25, 0.3) is 5.69 Å². The average Bonchev–Trinajstić information content (AvgIpc) is 3.16. The summed E-state index contributed by atoms with van der Waals surface area (Å²) in [6, 6.07) is 16.0. The molecule has 0 spiro atoms. The number of hydrogen-bond acceptors (Lipinski definition) is 5. The number of aryl methyl sites for hydroxylation is 1. The number of benzene rings is 2. The maximum Gasteiger partial charge on any atom is 0.227 e. The van der Waals surface area contributed by atoms with Crippen molar-refractivity contribution in [3.8, 4) is 17.3 Å². The summed E-state index contributed by atoms with van der Waals surface area (Å²) in [6.07, 6.45) is 0.175. The van der Waals surface area contributed by atoms with Gasteiger partial charge in [0.1, 0.15) is 11.6 Å². The molecule has 1 unspecified atom stereocenters. The predicted molar refractivity (Wildman–Crippen MR) is 132 cm³/mol. The van der Waals surface area contributed by atoms with Crippen LogP contribution in [0.3, 0.4) is 0 Å². The van der Waals surface area contributed by atoms with Gasteiger partial charge in [0.05, 0.1) is 35.8 Å². The summed E-state index contributed by atoms with van der Waals surface area (Å²) in [6.45, 7) is 11.5. The van der Waals surface area contributed by atoms with Gasteiger partial charge < -0.3 is 14.6 Å². The van der Waals surface area contributed by atoms with Gasteiger partial charge >= 0.3 is 0 Å². The number of hydrogen-bond donors (Lipinski definition) is 1. The molecule has 0 aliphatic carbocycles. The van der Waals surface area contributed by atoms with Crippen LogP contribution in [0.15, 0.2) is 54.6 Å². The van der Waals surface area contributed by atoms with Crippen LogP contribution in [0.2, 0.25) is 0 Å². The fourth-order valence-electron chi connectivity index (χ4n) is 3.67. The molecule has 1 aromatic heterocycles. The molecule has 3 rings (SSSR count). The topological polar surface area (TPSA) is 59.8 Å². The molecule has 0 bridgehead atoms. The zero-order chi connectivity index (χ0) is 24.7. The predicted octanol–water partition coefficient (Wildman–Crippen LogP) is 5.36. The zero-order valence-electron chi connectivity index (χ0n) is 20.7. The number of para-hydroxylation sites is 1. The Morgan fingerprint density at radius 2 is 1.71 bits per heavy atom. The van der Waals surface area contributed by atoms with E-state index in [0.29, 0.717) is 24.7 Å². The summed E-state index contributed by atoms with van der Waals surface area (Å²) in [5, 5.41) is 15.4. The second kappa shape index (κ2) is 12.1. The minimum atomic E-state index is -0.611. The Morgan fingerprint density at radius 3 is 2.29 bits per heavy atom. The zero-order valence-corrected chi connectivity index (χ0v) is 20.7. The van der Waals surface area contributed by atoms with Crippen LogP contribution in [0.5, 0.6) is 11.6 Å². The average molecular weight is 470 g/mol. The van der Waals surface area contributed by atoms with Crippen molar-refractivity contribution in [3.05, 3.63) is 71.7 Å². The van der Waals surface area contributed by atoms with Gasteiger partial charge in [0.2, 0.25) is 5.88 Å². The maximum absolute atomic E-state index is 13.5. The normalized spacial score (nSPS) is 12.6. The first-order valence-electron chi connectivity index (χ1n) is 11.9. The molecule has 0 aliphatic heterocycles. The highest BCUT2D eigenvalue weighted by Gasteiger charge is 2.25. The van der Waals surface area contributed by atoms with Gasteiger partial charge in [-0.2, -0.15) is 5.10 Å². The molecule has 1 heterocycles. The Hall–Kier alpha value is -2.74. The van der Waals surface area contributed by atoms with Crippen LogP contribution in [0, 0.1) is 5.82 Å². The molecule has 0 saturated carbocycles. The summed E-state index contributed by atoms with van der Waals surface area (Å²) in [4.78, 5) is 2.19. The molecular weight excluding hydrogens is 433 g/mol. The third-order valence-electron chi connectivity index (χ3n) is 5.54. The molecule has 2 aromatic carbocycles. The van der Waals surface area contributed by atoms with Crippen LogP contribution in [-0.4, -0.2) is 51.2 Å². The number of halogens is 1. The fraction of sp³-hybridized carbons (Fsp3) is 0.444. The van der Waals surface area contributed by atoms with Gasteiger partial charge in [-0.25, -0.2) is 9.07 Å². The highest BCUT2D eigenvalue weighted by atomic mass is 19.1. The number of aromatic nitrogens is 2. The summed E-state index contributed by atoms with van der Waals surface area (Å²) < 4.78 is 27.2. The van der Waals surface area contributed by atoms with E-state index in [1.165, 1.54) is 12.1 Å². The number of nitrogens with zero attached hydrogens (tertiary/aromatic N) is 3. The van der Waals surface area contributed by atoms with E-state index >= 15 is 0 Å². The number of aliphatic hydroxyl groups excluding tert-OH is 1. The Kier molecular flexibility index (Phi) is 9.21. The third-order valence-corrected chi connectivity index (χ3v) is 5.54. The van der Waals surface area contributed by atoms with Gasteiger partial charge in [-0.05, 0) is 70.5 Å². The second-order valence-corrected chi connectivity index (χ2v) is 8.95. The largest absolute Gasteiger partial charge is 0.439 e. The summed E-state index contributed by atoms with van der Waals surface area (Å²) >= 11 is 0. The number of rotatable bonds is 12. The third kappa shape index (κ3) is 6.88. The second-order valence-electron chi connectivity index (χ2n) is 8.95. The minimum Gasteiger partial charge on any atom is -0.439 e. The summed E-state index contributed by atoms with van der Waals surface area (Å²) in [5.41, 5.74) is 2.74. The molecule has 0 saturated heterocycles. The van der Waals surface area contributed by atoms with Gasteiger partial charge in [-0.1, -0.05) is 25.1 Å². The molecule has 184 valence electrons. The van der Waals surface area contributed by atoms with Crippen molar-refractivity contribution in [2.75, 3.05) is 13.2 Å². The Bertz CT molecular complexity index is 1020. The lowest BCUT2D eigenvalue weighted by Crippen LogP contribution is -2.39. The van der Waals surface area contributed by atoms with Crippen molar-refractivity contribution >= 4 is 0 Å². The lowest BCUT2D eigenvalue weighted by atomic mass is 10.1. The molecule has 0 radical (unpaired) electrons. The van der Waals surface area contributed by atoms with Crippen molar-refractivity contribution in [3.63, 3.8) is 0 Å². The van der Waals surface area contributed by atoms with E-state index in [4.69, 9.17) is 14.6 Å². The molecule has 1 N–H and O–H groups in total. The van der Waals surface area contributed by atoms with E-state index in [9.17, 15) is 9.50 Å². The van der Waals surface area contributed by atoms with E-state index in [-0.39, 0.29) is 24.6 Å². The SMILES string of the molecule is CCc1nn(-c2ccccc2)c(Oc2ccc(F)cc2)c1CN(CC(O)COC(C)C)C(C)C. The van der Waals surface area contributed by atoms with E-state index < -0.39 is 6.10 Å². The molecule has 34 heavy (non-hydrogen) atoms. The summed E-state index contributed by atoms with van der Waals surface area (Å²) in [7, 11) is 0. The monoisotopic (exact) mass is 469 g/mol. The van der Waals surface area contributed by atoms with Gasteiger partial charge in [0.15, 0.2) is 0 Å². The molecule has 0 aliphatic rings. The van der Waals surface area contributed by atoms with E-state index in [1.54, 1.807) is 16.8 Å². The highest BCUT2D eigenvalue weighted by Crippen LogP contribution is 2.32. The number of aliphatic hydroxyl groups is 1. The standard InChI is InChI=1S/C27H36FN3O3/c1-6-26-25(17-30(19(2)3)16-23(32)18-33-20(4)5)27(34-24-14-12-21(28)13-15-24)31(29-26)22-10-8-7-9-11-22/h7-15,19-20,23,32H,6,16-18H2,1-5H3. The van der Waals surface area contributed by atoms with Crippen LogP contribution in [0.1, 0.15) is 45.9 Å². The van der Waals surface area contributed by atoms with E-state index in [2.05, 4.69) is 25.7 Å². The lowest BCUT2D eigenvalue weighted by Gasteiger charge is -2.29. The number of ether oxygens (including phenoxy) is 2. The molecule has 0 fully saturated rings. The van der Waals surface area contributed by atoms with Crippen LogP contribution < -0.4 is 4.74 Å². The van der Waals surface area contributed by atoms with E-state index in [0.717, 1.165) is 23.4 Å². The minimum absolute atomic E-state index is 0.0636. The Labute approximate surface area is 201 Å². The molecule has 0 amide bonds. The molecular formula is C27H36FN3O3. The Balaban J connectivity index is 1.98. The van der Waals surface area contributed by atoms with Crippen LogP contribution >= 0.6 is 0 Å². The van der Waals surface area contributed by atoms with Gasteiger partial charge in [-0.3, -0.25) is 4.90 Å². The first kappa shape index (κ1) is 25.9. The van der Waals surface area contributed by atoms with Crippen molar-refractivity contribution in [2.24, 2.45) is 0 Å². The molecule has 6 nitrogen and oxygen atoms in total. The van der Waals surface area contributed by atoms with Crippen molar-refractivity contribution < 1.29 is 19.0 Å². The first-order valence-corrected chi connectivity index (χ1v) is 11.9. The van der Waals surface area contributed by atoms with E-state index in [1.807, 2.05) is 44.2 Å². The molecule has 7 heteroatoms. The molecule has 3 aromatic rings. The first-order chi connectivity index (χ1) is 16.3. The fourth-order valence-corrected chi connectivity index (χ4v) is 3.67.